The summed E-state index contributed by atoms with van der Waals surface area (Å²) in [5.41, 5.74) is 1.47. The van der Waals surface area contributed by atoms with E-state index < -0.39 is 6.17 Å². The van der Waals surface area contributed by atoms with Gasteiger partial charge in [0.15, 0.2) is 0 Å². The number of hydrogen-bond donors (Lipinski definition) is 2. The molecule has 1 aromatic carbocycles. The second kappa shape index (κ2) is 8.22. The molecule has 2 N–H and O–H groups in total. The number of carbonyl (C=O) groups excluding carboxylic acids is 2. The van der Waals surface area contributed by atoms with E-state index in [2.05, 4.69) is 20.6 Å². The lowest BCUT2D eigenvalue weighted by molar-refractivity contribution is 0.0883. The molecule has 3 aromatic rings. The lowest BCUT2D eigenvalue weighted by Gasteiger charge is -2.21. The number of amides is 2. The Balaban J connectivity index is 1.83. The summed E-state index contributed by atoms with van der Waals surface area (Å²) in [6.07, 6.45) is 5.33. The van der Waals surface area contributed by atoms with E-state index in [1.54, 1.807) is 60.9 Å². The molecule has 0 aliphatic rings. The Morgan fingerprint density at radius 2 is 1.31 bits per heavy atom. The molecule has 2 heterocycles. The van der Waals surface area contributed by atoms with Crippen LogP contribution in [0.1, 0.15) is 32.4 Å². The van der Waals surface area contributed by atoms with E-state index in [0.717, 1.165) is 0 Å². The highest BCUT2D eigenvalue weighted by Crippen LogP contribution is 2.16. The van der Waals surface area contributed by atoms with Crippen LogP contribution in [0.3, 0.4) is 0 Å². The molecule has 26 heavy (non-hydrogen) atoms. The van der Waals surface area contributed by atoms with Crippen molar-refractivity contribution in [2.75, 3.05) is 0 Å². The van der Waals surface area contributed by atoms with Crippen LogP contribution >= 0.6 is 11.6 Å². The van der Waals surface area contributed by atoms with Crippen LogP contribution in [0.2, 0.25) is 5.02 Å². The van der Waals surface area contributed by atoms with Gasteiger partial charge in [0.25, 0.3) is 11.8 Å². The summed E-state index contributed by atoms with van der Waals surface area (Å²) < 4.78 is 0. The minimum absolute atomic E-state index is 0.357. The normalized spacial score (nSPS) is 10.4. The molecule has 0 aliphatic carbocycles. The van der Waals surface area contributed by atoms with E-state index in [0.29, 0.717) is 21.7 Å². The fourth-order valence-corrected chi connectivity index (χ4v) is 2.41. The molecule has 3 rings (SSSR count). The number of nitrogens with zero attached hydrogens (tertiary/aromatic N) is 2. The Labute approximate surface area is 155 Å². The number of halogens is 1. The molecule has 0 unspecified atom stereocenters. The maximum absolute atomic E-state index is 12.5. The molecule has 2 amide bonds. The quantitative estimate of drug-likeness (QED) is 0.680. The van der Waals surface area contributed by atoms with Gasteiger partial charge in [-0.15, -0.1) is 0 Å². The van der Waals surface area contributed by atoms with Gasteiger partial charge >= 0.3 is 0 Å². The molecule has 0 fully saturated rings. The van der Waals surface area contributed by atoms with Gasteiger partial charge in [-0.05, 0) is 42.0 Å². The second-order valence-electron chi connectivity index (χ2n) is 5.41. The van der Waals surface area contributed by atoms with E-state index in [9.17, 15) is 9.59 Å². The minimum Gasteiger partial charge on any atom is -0.328 e. The minimum atomic E-state index is -0.743. The first-order valence-electron chi connectivity index (χ1n) is 7.81. The van der Waals surface area contributed by atoms with Crippen LogP contribution in [-0.4, -0.2) is 21.8 Å². The molecule has 7 heteroatoms. The third-order valence-corrected chi connectivity index (χ3v) is 3.85. The van der Waals surface area contributed by atoms with Gasteiger partial charge in [0.1, 0.15) is 6.17 Å². The molecule has 0 bridgehead atoms. The van der Waals surface area contributed by atoms with Gasteiger partial charge in [-0.25, -0.2) is 0 Å². The molecular formula is C19H15ClN4O2. The van der Waals surface area contributed by atoms with Gasteiger partial charge in [-0.1, -0.05) is 23.7 Å². The fraction of sp³-hybridized carbons (Fsp3) is 0.0526. The molecule has 6 nitrogen and oxygen atoms in total. The molecule has 0 spiro atoms. The predicted molar refractivity (Wildman–Crippen MR) is 97.6 cm³/mol. The van der Waals surface area contributed by atoms with Crippen molar-refractivity contribution in [1.29, 1.82) is 0 Å². The molecule has 0 saturated heterocycles. The standard InChI is InChI=1S/C19H15ClN4O2/c20-16-7-5-13(6-8-16)17(23-18(25)14-3-1-9-21-11-14)24-19(26)15-4-2-10-22-12-15/h1-12,17H,(H,23,25)(H,24,26). The van der Waals surface area contributed by atoms with Gasteiger partial charge < -0.3 is 10.6 Å². The lowest BCUT2D eigenvalue weighted by atomic mass is 10.1. The maximum atomic E-state index is 12.5. The first-order chi connectivity index (χ1) is 12.6. The molecule has 2 aromatic heterocycles. The molecule has 0 atom stereocenters. The highest BCUT2D eigenvalue weighted by atomic mass is 35.5. The van der Waals surface area contributed by atoms with Crippen LogP contribution < -0.4 is 10.6 Å². The van der Waals surface area contributed by atoms with Crippen molar-refractivity contribution in [3.8, 4) is 0 Å². The topological polar surface area (TPSA) is 84.0 Å². The van der Waals surface area contributed by atoms with Crippen LogP contribution in [0.15, 0.2) is 73.3 Å². The molecule has 0 saturated carbocycles. The van der Waals surface area contributed by atoms with Crippen molar-refractivity contribution >= 4 is 23.4 Å². The zero-order valence-electron chi connectivity index (χ0n) is 13.6. The molecular weight excluding hydrogens is 352 g/mol. The van der Waals surface area contributed by atoms with Crippen molar-refractivity contribution in [2.45, 2.75) is 6.17 Å². The highest BCUT2D eigenvalue weighted by molar-refractivity contribution is 6.30. The lowest BCUT2D eigenvalue weighted by Crippen LogP contribution is -2.41. The summed E-state index contributed by atoms with van der Waals surface area (Å²) in [6, 6.07) is 13.5. The Kier molecular flexibility index (Phi) is 5.56. The summed E-state index contributed by atoms with van der Waals surface area (Å²) in [6.45, 7) is 0. The SMILES string of the molecule is O=C(NC(NC(=O)c1cccnc1)c1ccc(Cl)cc1)c1cccnc1. The van der Waals surface area contributed by atoms with Crippen LogP contribution in [-0.2, 0) is 0 Å². The van der Waals surface area contributed by atoms with E-state index in [1.807, 2.05) is 0 Å². The third kappa shape index (κ3) is 4.43. The second-order valence-corrected chi connectivity index (χ2v) is 5.85. The number of pyridine rings is 2. The van der Waals surface area contributed by atoms with E-state index in [4.69, 9.17) is 11.6 Å². The van der Waals surface area contributed by atoms with Crippen LogP contribution in [0, 0.1) is 0 Å². The molecule has 0 aliphatic heterocycles. The average Bonchev–Trinajstić information content (AvgIpc) is 2.69. The Hall–Kier alpha value is -3.25. The monoisotopic (exact) mass is 366 g/mol. The highest BCUT2D eigenvalue weighted by Gasteiger charge is 2.19. The van der Waals surface area contributed by atoms with E-state index >= 15 is 0 Å². The number of rotatable bonds is 5. The van der Waals surface area contributed by atoms with Gasteiger partial charge in [-0.3, -0.25) is 19.6 Å². The van der Waals surface area contributed by atoms with Crippen molar-refractivity contribution in [1.82, 2.24) is 20.6 Å². The van der Waals surface area contributed by atoms with Crippen molar-refractivity contribution < 1.29 is 9.59 Å². The summed E-state index contributed by atoms with van der Waals surface area (Å²) in [7, 11) is 0. The summed E-state index contributed by atoms with van der Waals surface area (Å²) in [5.74, 6) is -0.714. The molecule has 0 radical (unpaired) electrons. The Bertz CT molecular complexity index is 833. The first-order valence-corrected chi connectivity index (χ1v) is 8.18. The fourth-order valence-electron chi connectivity index (χ4n) is 2.28. The van der Waals surface area contributed by atoms with Crippen molar-refractivity contribution in [3.63, 3.8) is 0 Å². The van der Waals surface area contributed by atoms with Gasteiger partial charge in [-0.2, -0.15) is 0 Å². The van der Waals surface area contributed by atoms with Gasteiger partial charge in [0.05, 0.1) is 11.1 Å². The van der Waals surface area contributed by atoms with Crippen molar-refractivity contribution in [3.05, 3.63) is 95.0 Å². The summed E-state index contributed by atoms with van der Waals surface area (Å²) in [4.78, 5) is 32.8. The van der Waals surface area contributed by atoms with Gasteiger partial charge in [0, 0.05) is 29.8 Å². The number of carbonyl (C=O) groups is 2. The first kappa shape index (κ1) is 17.6. The number of nitrogens with one attached hydrogen (secondary N) is 2. The van der Waals surface area contributed by atoms with E-state index in [-0.39, 0.29) is 11.8 Å². The summed E-state index contributed by atoms with van der Waals surface area (Å²) >= 11 is 5.93. The summed E-state index contributed by atoms with van der Waals surface area (Å²) in [5, 5.41) is 6.15. The zero-order valence-corrected chi connectivity index (χ0v) is 14.4. The Morgan fingerprint density at radius 3 is 1.73 bits per heavy atom. The third-order valence-electron chi connectivity index (χ3n) is 3.60. The van der Waals surface area contributed by atoms with E-state index in [1.165, 1.54) is 12.4 Å². The van der Waals surface area contributed by atoms with Gasteiger partial charge in [0.2, 0.25) is 0 Å². The molecule has 130 valence electrons. The van der Waals surface area contributed by atoms with Crippen molar-refractivity contribution in [2.24, 2.45) is 0 Å². The predicted octanol–water partition coefficient (Wildman–Crippen LogP) is 2.99. The number of aromatic nitrogens is 2. The van der Waals surface area contributed by atoms with Crippen LogP contribution in [0.25, 0.3) is 0 Å². The van der Waals surface area contributed by atoms with Crippen LogP contribution in [0.5, 0.6) is 0 Å². The number of benzene rings is 1. The smallest absolute Gasteiger partial charge is 0.254 e. The Morgan fingerprint density at radius 1 is 0.808 bits per heavy atom. The maximum Gasteiger partial charge on any atom is 0.254 e. The average molecular weight is 367 g/mol. The largest absolute Gasteiger partial charge is 0.328 e. The number of hydrogen-bond acceptors (Lipinski definition) is 4. The van der Waals surface area contributed by atoms with Crippen LogP contribution in [0.4, 0.5) is 0 Å². The zero-order chi connectivity index (χ0) is 18.4.